The molecule has 0 spiro atoms. The Bertz CT molecular complexity index is 1280. The predicted molar refractivity (Wildman–Crippen MR) is 134 cm³/mol. The highest BCUT2D eigenvalue weighted by molar-refractivity contribution is 7.90. The molecule has 5 heterocycles. The summed E-state index contributed by atoms with van der Waals surface area (Å²) in [5.74, 6) is 1.40. The van der Waals surface area contributed by atoms with Crippen molar-refractivity contribution in [2.75, 3.05) is 24.2 Å². The molecular formula is C23H27N7O3S2. The van der Waals surface area contributed by atoms with Crippen molar-refractivity contribution in [3.05, 3.63) is 30.4 Å². The van der Waals surface area contributed by atoms with Gasteiger partial charge >= 0.3 is 11.2 Å². The minimum absolute atomic E-state index is 0.0296. The van der Waals surface area contributed by atoms with Gasteiger partial charge in [0.25, 0.3) is 5.19 Å². The molecule has 2 atom stereocenters. The minimum atomic E-state index is -1.21. The van der Waals surface area contributed by atoms with E-state index in [0.717, 1.165) is 53.4 Å². The normalized spacial score (nSPS) is 16.7. The fraction of sp³-hybridized carbons (Fsp3) is 0.478. The van der Waals surface area contributed by atoms with Gasteiger partial charge in [-0.25, -0.2) is 9.97 Å². The predicted octanol–water partition coefficient (Wildman–Crippen LogP) is 4.08. The van der Waals surface area contributed by atoms with Gasteiger partial charge in [0.15, 0.2) is 5.82 Å². The molecule has 1 aliphatic rings. The van der Waals surface area contributed by atoms with Crippen LogP contribution in [0.1, 0.15) is 45.4 Å². The highest BCUT2D eigenvalue weighted by atomic mass is 32.2. The summed E-state index contributed by atoms with van der Waals surface area (Å²) < 4.78 is 23.2. The first-order chi connectivity index (χ1) is 16.9. The third kappa shape index (κ3) is 5.24. The lowest BCUT2D eigenvalue weighted by Gasteiger charge is -2.33. The van der Waals surface area contributed by atoms with Crippen molar-refractivity contribution in [1.82, 2.24) is 30.1 Å². The summed E-state index contributed by atoms with van der Waals surface area (Å²) in [6, 6.07) is 4.41. The van der Waals surface area contributed by atoms with E-state index in [1.807, 2.05) is 12.1 Å². The smallest absolute Gasteiger partial charge is 0.342 e. The summed E-state index contributed by atoms with van der Waals surface area (Å²) >= 11 is 0.218. The van der Waals surface area contributed by atoms with E-state index in [1.54, 1.807) is 18.6 Å². The summed E-state index contributed by atoms with van der Waals surface area (Å²) in [7, 11) is 0. The monoisotopic (exact) mass is 513 g/mol. The SMILES string of the molecule is CC(C)c1noc(N2CCC([C@H](C)Oc3nc4ccc(-c5cnc([S+](C)[O-])nc5)nc4s3)CC2)n1. The Kier molecular flexibility index (Phi) is 6.85. The lowest BCUT2D eigenvalue weighted by molar-refractivity contribution is 0.131. The average Bonchev–Trinajstić information content (AvgIpc) is 3.51. The molecule has 0 radical (unpaired) electrons. The number of fused-ring (bicyclic) bond motifs is 1. The standard InChI is InChI=1S/C23H27N7O3S2/c1-13(2)19-28-22(33-29-19)30-9-7-15(8-10-30)14(3)32-23-27-18-6-5-17(26-20(18)34-23)16-11-24-21(25-12-16)35(4)31/h5-6,11-15H,7-10H2,1-4H3/t14-,35?/m0/s1. The van der Waals surface area contributed by atoms with Gasteiger partial charge in [0.1, 0.15) is 22.7 Å². The molecule has 0 aliphatic carbocycles. The zero-order chi connectivity index (χ0) is 24.5. The van der Waals surface area contributed by atoms with E-state index in [-0.39, 0.29) is 12.0 Å². The number of hydrogen-bond acceptors (Lipinski definition) is 11. The highest BCUT2D eigenvalue weighted by Crippen LogP contribution is 2.32. The molecule has 0 aromatic carbocycles. The molecule has 1 unspecified atom stereocenters. The summed E-state index contributed by atoms with van der Waals surface area (Å²) in [4.78, 5) is 25.1. The molecule has 10 nitrogen and oxygen atoms in total. The topological polar surface area (TPSA) is 126 Å². The number of rotatable bonds is 7. The second-order valence-electron chi connectivity index (χ2n) is 8.95. The van der Waals surface area contributed by atoms with Gasteiger partial charge in [-0.1, -0.05) is 30.3 Å². The Morgan fingerprint density at radius 2 is 1.86 bits per heavy atom. The maximum absolute atomic E-state index is 11.5. The first-order valence-corrected chi connectivity index (χ1v) is 13.9. The summed E-state index contributed by atoms with van der Waals surface area (Å²) in [5.41, 5.74) is 2.29. The van der Waals surface area contributed by atoms with E-state index in [9.17, 15) is 4.55 Å². The van der Waals surface area contributed by atoms with Gasteiger partial charge < -0.3 is 18.7 Å². The van der Waals surface area contributed by atoms with E-state index in [0.29, 0.717) is 22.3 Å². The molecule has 12 heteroatoms. The number of thiazole rings is 1. The number of nitrogens with zero attached hydrogens (tertiary/aromatic N) is 7. The third-order valence-electron chi connectivity index (χ3n) is 6.13. The molecule has 0 bridgehead atoms. The second kappa shape index (κ2) is 10.0. The van der Waals surface area contributed by atoms with Crippen LogP contribution in [0.3, 0.4) is 0 Å². The molecular weight excluding hydrogens is 486 g/mol. The lowest BCUT2D eigenvalue weighted by Crippen LogP contribution is -2.38. The number of hydrogen-bond donors (Lipinski definition) is 0. The molecule has 5 rings (SSSR count). The number of aromatic nitrogens is 6. The van der Waals surface area contributed by atoms with Crippen LogP contribution in [0.5, 0.6) is 5.19 Å². The van der Waals surface area contributed by atoms with Crippen LogP contribution in [0.2, 0.25) is 0 Å². The van der Waals surface area contributed by atoms with Crippen LogP contribution in [0.15, 0.2) is 34.2 Å². The number of piperidine rings is 1. The van der Waals surface area contributed by atoms with E-state index in [1.165, 1.54) is 11.3 Å². The summed E-state index contributed by atoms with van der Waals surface area (Å²) in [6.07, 6.45) is 6.82. The van der Waals surface area contributed by atoms with Crippen LogP contribution in [0, 0.1) is 5.92 Å². The van der Waals surface area contributed by atoms with Crippen LogP contribution in [-0.4, -0.2) is 60.1 Å². The number of anilines is 1. The van der Waals surface area contributed by atoms with E-state index >= 15 is 0 Å². The molecule has 0 N–H and O–H groups in total. The Balaban J connectivity index is 1.21. The Morgan fingerprint density at radius 1 is 1.11 bits per heavy atom. The molecule has 1 saturated heterocycles. The zero-order valence-electron chi connectivity index (χ0n) is 20.0. The maximum atomic E-state index is 11.5. The number of pyridine rings is 1. The van der Waals surface area contributed by atoms with Gasteiger partial charge in [-0.05, 0) is 37.8 Å². The molecule has 1 fully saturated rings. The van der Waals surface area contributed by atoms with E-state index in [4.69, 9.17) is 14.2 Å². The van der Waals surface area contributed by atoms with E-state index < -0.39 is 11.2 Å². The van der Waals surface area contributed by atoms with Gasteiger partial charge in [0.05, 0.1) is 5.69 Å². The first-order valence-electron chi connectivity index (χ1n) is 11.6. The van der Waals surface area contributed by atoms with Crippen LogP contribution in [-0.2, 0) is 11.2 Å². The maximum Gasteiger partial charge on any atom is 0.342 e. The average molecular weight is 514 g/mol. The molecule has 0 amide bonds. The molecule has 0 saturated carbocycles. The van der Waals surface area contributed by atoms with Crippen molar-refractivity contribution in [3.63, 3.8) is 0 Å². The van der Waals surface area contributed by atoms with Gasteiger partial charge in [0, 0.05) is 48.1 Å². The second-order valence-corrected chi connectivity index (χ2v) is 11.2. The van der Waals surface area contributed by atoms with Crippen molar-refractivity contribution in [2.45, 2.75) is 50.8 Å². The fourth-order valence-corrected chi connectivity index (χ4v) is 5.28. The zero-order valence-corrected chi connectivity index (χ0v) is 21.7. The van der Waals surface area contributed by atoms with Crippen molar-refractivity contribution in [1.29, 1.82) is 0 Å². The van der Waals surface area contributed by atoms with Gasteiger partial charge in [-0.2, -0.15) is 15.0 Å². The van der Waals surface area contributed by atoms with Crippen LogP contribution < -0.4 is 9.64 Å². The largest absolute Gasteiger partial charge is 0.609 e. The number of ether oxygens (including phenoxy) is 1. The van der Waals surface area contributed by atoms with Crippen molar-refractivity contribution in [3.8, 4) is 16.5 Å². The minimum Gasteiger partial charge on any atom is -0.609 e. The molecule has 1 aliphatic heterocycles. The molecule has 184 valence electrons. The molecule has 4 aromatic rings. The molecule has 4 aromatic heterocycles. The van der Waals surface area contributed by atoms with Crippen LogP contribution >= 0.6 is 11.3 Å². The Hall–Kier alpha value is -2.83. The lowest BCUT2D eigenvalue weighted by atomic mass is 9.92. The van der Waals surface area contributed by atoms with Crippen LogP contribution in [0.4, 0.5) is 6.01 Å². The van der Waals surface area contributed by atoms with Crippen molar-refractivity contribution >= 4 is 38.9 Å². The van der Waals surface area contributed by atoms with Gasteiger partial charge in [-0.3, -0.25) is 0 Å². The first kappa shape index (κ1) is 23.9. The van der Waals surface area contributed by atoms with Gasteiger partial charge in [0.2, 0.25) is 0 Å². The van der Waals surface area contributed by atoms with Crippen LogP contribution in [0.25, 0.3) is 21.6 Å². The van der Waals surface area contributed by atoms with Crippen molar-refractivity contribution in [2.24, 2.45) is 5.92 Å². The molecule has 35 heavy (non-hydrogen) atoms. The summed E-state index contributed by atoms with van der Waals surface area (Å²) in [6.45, 7) is 7.93. The Morgan fingerprint density at radius 3 is 2.51 bits per heavy atom. The third-order valence-corrected chi connectivity index (χ3v) is 7.71. The quantitative estimate of drug-likeness (QED) is 0.263. The van der Waals surface area contributed by atoms with Gasteiger partial charge in [-0.15, -0.1) is 0 Å². The fourth-order valence-electron chi connectivity index (χ4n) is 4.01. The van der Waals surface area contributed by atoms with Crippen molar-refractivity contribution < 1.29 is 13.8 Å². The highest BCUT2D eigenvalue weighted by Gasteiger charge is 2.28. The van der Waals surface area contributed by atoms with E-state index in [2.05, 4.69) is 50.8 Å². The summed E-state index contributed by atoms with van der Waals surface area (Å²) in [5, 5.41) is 5.00. The Labute approximate surface area is 210 Å².